The number of aromatic nitrogens is 2. The molecule has 3 atom stereocenters. The van der Waals surface area contributed by atoms with Crippen molar-refractivity contribution >= 4 is 6.29 Å². The Bertz CT molecular complexity index is 437. The van der Waals surface area contributed by atoms with E-state index < -0.39 is 24.1 Å². The smallest absolute Gasteiger partial charge is 0.328 e. The van der Waals surface area contributed by atoms with Gasteiger partial charge >= 0.3 is 5.69 Å². The van der Waals surface area contributed by atoms with Crippen LogP contribution in [0.1, 0.15) is 23.1 Å². The predicted molar refractivity (Wildman–Crippen MR) is 52.1 cm³/mol. The monoisotopic (exact) mass is 228 g/mol. The van der Waals surface area contributed by atoms with Crippen LogP contribution in [0, 0.1) is 0 Å². The van der Waals surface area contributed by atoms with E-state index in [0.29, 0.717) is 6.29 Å². The Morgan fingerprint density at radius 3 is 2.94 bits per heavy atom. The first-order chi connectivity index (χ1) is 7.65. The molecule has 2 rings (SSSR count). The van der Waals surface area contributed by atoms with Crippen LogP contribution in [0.15, 0.2) is 11.0 Å². The molecular weight excluding hydrogens is 216 g/mol. The molecule has 1 saturated heterocycles. The SMILES string of the molecule is O=Cc1cn([C@H]2C[C@H](O)[C@@H](CO)O2)c(=O)[nH]1. The zero-order valence-corrected chi connectivity index (χ0v) is 8.37. The molecule has 88 valence electrons. The number of ether oxygens (including phenoxy) is 1. The van der Waals surface area contributed by atoms with Crippen LogP contribution in [0.2, 0.25) is 0 Å². The normalized spacial score (nSPS) is 29.5. The molecule has 1 aromatic rings. The Labute approximate surface area is 90.3 Å². The number of hydrogen-bond acceptors (Lipinski definition) is 5. The fraction of sp³-hybridized carbons (Fsp3) is 0.556. The molecule has 2 heterocycles. The molecule has 0 aliphatic carbocycles. The number of nitrogens with one attached hydrogen (secondary N) is 1. The number of H-pyrrole nitrogens is 1. The fourth-order valence-electron chi connectivity index (χ4n) is 1.75. The number of imidazole rings is 1. The summed E-state index contributed by atoms with van der Waals surface area (Å²) in [5.41, 5.74) is -0.326. The number of aliphatic hydroxyl groups excluding tert-OH is 2. The van der Waals surface area contributed by atoms with E-state index in [0.717, 1.165) is 0 Å². The Kier molecular flexibility index (Phi) is 2.90. The van der Waals surface area contributed by atoms with Gasteiger partial charge in [-0.15, -0.1) is 0 Å². The van der Waals surface area contributed by atoms with Gasteiger partial charge in [-0.05, 0) is 0 Å². The molecule has 0 aromatic carbocycles. The van der Waals surface area contributed by atoms with Crippen LogP contribution in [0.5, 0.6) is 0 Å². The molecule has 0 radical (unpaired) electrons. The molecule has 7 heteroatoms. The second kappa shape index (κ2) is 4.20. The third-order valence-electron chi connectivity index (χ3n) is 2.59. The van der Waals surface area contributed by atoms with Gasteiger partial charge in [0.2, 0.25) is 0 Å². The molecule has 7 nitrogen and oxygen atoms in total. The van der Waals surface area contributed by atoms with E-state index in [9.17, 15) is 14.7 Å². The zero-order chi connectivity index (χ0) is 11.7. The maximum Gasteiger partial charge on any atom is 0.328 e. The van der Waals surface area contributed by atoms with Gasteiger partial charge in [-0.1, -0.05) is 0 Å². The average Bonchev–Trinajstić information content (AvgIpc) is 2.81. The van der Waals surface area contributed by atoms with Gasteiger partial charge in [-0.3, -0.25) is 9.36 Å². The zero-order valence-electron chi connectivity index (χ0n) is 8.37. The quantitative estimate of drug-likeness (QED) is 0.553. The summed E-state index contributed by atoms with van der Waals surface area (Å²) in [6, 6.07) is 0. The van der Waals surface area contributed by atoms with Gasteiger partial charge in [-0.25, -0.2) is 4.79 Å². The Morgan fingerprint density at radius 2 is 2.44 bits per heavy atom. The van der Waals surface area contributed by atoms with Gasteiger partial charge in [0.05, 0.1) is 18.4 Å². The number of carbonyl (C=O) groups is 1. The first-order valence-corrected chi connectivity index (χ1v) is 4.86. The van der Waals surface area contributed by atoms with Crippen molar-refractivity contribution in [3.05, 3.63) is 22.4 Å². The van der Waals surface area contributed by atoms with Crippen molar-refractivity contribution in [2.75, 3.05) is 6.61 Å². The van der Waals surface area contributed by atoms with E-state index in [4.69, 9.17) is 9.84 Å². The van der Waals surface area contributed by atoms with E-state index >= 15 is 0 Å². The average molecular weight is 228 g/mol. The van der Waals surface area contributed by atoms with E-state index in [1.54, 1.807) is 0 Å². The minimum atomic E-state index is -0.809. The maximum absolute atomic E-state index is 11.4. The van der Waals surface area contributed by atoms with Gasteiger partial charge in [0.1, 0.15) is 12.3 Å². The van der Waals surface area contributed by atoms with Crippen molar-refractivity contribution < 1.29 is 19.7 Å². The van der Waals surface area contributed by atoms with E-state index in [2.05, 4.69) is 4.98 Å². The van der Waals surface area contributed by atoms with Gasteiger partial charge in [0, 0.05) is 12.6 Å². The van der Waals surface area contributed by atoms with Crippen LogP contribution >= 0.6 is 0 Å². The molecule has 0 bridgehead atoms. The minimum absolute atomic E-state index is 0.149. The second-order valence-corrected chi connectivity index (χ2v) is 3.65. The van der Waals surface area contributed by atoms with Crippen LogP contribution in [-0.2, 0) is 4.74 Å². The topological polar surface area (TPSA) is 105 Å². The van der Waals surface area contributed by atoms with Gasteiger partial charge in [0.25, 0.3) is 0 Å². The predicted octanol–water partition coefficient (Wildman–Crippen LogP) is -1.37. The van der Waals surface area contributed by atoms with Crippen LogP contribution in [-0.4, -0.2) is 44.9 Å². The van der Waals surface area contributed by atoms with Gasteiger partial charge in [0.15, 0.2) is 6.29 Å². The third-order valence-corrected chi connectivity index (χ3v) is 2.59. The molecule has 3 N–H and O–H groups in total. The van der Waals surface area contributed by atoms with Crippen molar-refractivity contribution in [1.29, 1.82) is 0 Å². The summed E-state index contributed by atoms with van der Waals surface area (Å²) in [7, 11) is 0. The first-order valence-electron chi connectivity index (χ1n) is 4.86. The molecule has 0 unspecified atom stereocenters. The number of aldehydes is 1. The van der Waals surface area contributed by atoms with E-state index in [-0.39, 0.29) is 18.7 Å². The number of rotatable bonds is 3. The van der Waals surface area contributed by atoms with Crippen molar-refractivity contribution in [3.63, 3.8) is 0 Å². The molecule has 1 aromatic heterocycles. The summed E-state index contributed by atoms with van der Waals surface area (Å²) in [5.74, 6) is 0. The van der Waals surface area contributed by atoms with Crippen molar-refractivity contribution in [3.8, 4) is 0 Å². The Morgan fingerprint density at radius 1 is 1.69 bits per heavy atom. The number of aromatic amines is 1. The summed E-state index contributed by atoms with van der Waals surface area (Å²) in [5, 5.41) is 18.4. The van der Waals surface area contributed by atoms with Crippen LogP contribution < -0.4 is 5.69 Å². The second-order valence-electron chi connectivity index (χ2n) is 3.65. The lowest BCUT2D eigenvalue weighted by Gasteiger charge is -2.11. The molecule has 16 heavy (non-hydrogen) atoms. The minimum Gasteiger partial charge on any atom is -0.394 e. The first kappa shape index (κ1) is 11.1. The summed E-state index contributed by atoms with van der Waals surface area (Å²) >= 11 is 0. The highest BCUT2D eigenvalue weighted by molar-refractivity contribution is 5.70. The lowest BCUT2D eigenvalue weighted by molar-refractivity contribution is -0.0453. The van der Waals surface area contributed by atoms with Crippen LogP contribution in [0.4, 0.5) is 0 Å². The molecular formula is C9H12N2O5. The highest BCUT2D eigenvalue weighted by atomic mass is 16.5. The number of carbonyl (C=O) groups excluding carboxylic acids is 1. The lowest BCUT2D eigenvalue weighted by atomic mass is 10.2. The van der Waals surface area contributed by atoms with Crippen molar-refractivity contribution in [2.45, 2.75) is 24.9 Å². The Balaban J connectivity index is 2.22. The molecule has 1 aliphatic heterocycles. The number of aliphatic hydroxyl groups is 2. The molecule has 0 saturated carbocycles. The number of hydrogen-bond donors (Lipinski definition) is 3. The molecule has 0 spiro atoms. The summed E-state index contributed by atoms with van der Waals surface area (Å²) in [4.78, 5) is 24.2. The van der Waals surface area contributed by atoms with E-state index in [1.165, 1.54) is 10.8 Å². The Hall–Kier alpha value is -1.44. The maximum atomic E-state index is 11.4. The lowest BCUT2D eigenvalue weighted by Crippen LogP contribution is -2.25. The fourth-order valence-corrected chi connectivity index (χ4v) is 1.75. The largest absolute Gasteiger partial charge is 0.394 e. The summed E-state index contributed by atoms with van der Waals surface area (Å²) < 4.78 is 6.47. The number of nitrogens with zero attached hydrogens (tertiary/aromatic N) is 1. The van der Waals surface area contributed by atoms with Gasteiger partial charge in [-0.2, -0.15) is 0 Å². The standard InChI is InChI=1S/C9H12N2O5/c12-3-5-2-11(9(15)10-5)8-1-6(14)7(4-13)16-8/h2-3,6-8,13-14H,1,4H2,(H,10,15)/t6-,7+,8+/m0/s1. The third kappa shape index (κ3) is 1.80. The van der Waals surface area contributed by atoms with Crippen LogP contribution in [0.3, 0.4) is 0 Å². The molecule has 0 amide bonds. The highest BCUT2D eigenvalue weighted by Crippen LogP contribution is 2.27. The van der Waals surface area contributed by atoms with Crippen LogP contribution in [0.25, 0.3) is 0 Å². The summed E-state index contributed by atoms with van der Waals surface area (Å²) in [6.07, 6.45) is -0.0897. The summed E-state index contributed by atoms with van der Waals surface area (Å²) in [6.45, 7) is -0.308. The molecule has 1 aliphatic rings. The van der Waals surface area contributed by atoms with Crippen molar-refractivity contribution in [2.24, 2.45) is 0 Å². The van der Waals surface area contributed by atoms with Crippen molar-refractivity contribution in [1.82, 2.24) is 9.55 Å². The molecule has 1 fully saturated rings. The van der Waals surface area contributed by atoms with E-state index in [1.807, 2.05) is 0 Å². The highest BCUT2D eigenvalue weighted by Gasteiger charge is 2.35. The van der Waals surface area contributed by atoms with Gasteiger partial charge < -0.3 is 19.9 Å².